The van der Waals surface area contributed by atoms with Crippen LogP contribution in [0.25, 0.3) is 0 Å². The molecule has 2 saturated heterocycles. The summed E-state index contributed by atoms with van der Waals surface area (Å²) >= 11 is 0. The quantitative estimate of drug-likeness (QED) is 0.859. The Morgan fingerprint density at radius 2 is 1.86 bits per heavy atom. The molecule has 4 rings (SSSR count). The minimum absolute atomic E-state index is 0.337. The summed E-state index contributed by atoms with van der Waals surface area (Å²) in [6, 6.07) is 0. The molecule has 1 N–H and O–H groups in total. The average molecular weight is 292 g/mol. The molecule has 0 aromatic rings. The molecule has 4 heteroatoms. The van der Waals surface area contributed by atoms with E-state index in [1.807, 2.05) is 0 Å². The summed E-state index contributed by atoms with van der Waals surface area (Å²) in [6.07, 6.45) is 8.74. The zero-order chi connectivity index (χ0) is 14.3. The number of piperidine rings is 2. The fourth-order valence-corrected chi connectivity index (χ4v) is 4.19. The van der Waals surface area contributed by atoms with E-state index in [1.54, 1.807) is 0 Å². The molecule has 1 atom stereocenters. The average Bonchev–Trinajstić information content (AvgIpc) is 3.44. The highest BCUT2D eigenvalue weighted by Gasteiger charge is 2.58. The molecule has 4 nitrogen and oxygen atoms in total. The third-order valence-corrected chi connectivity index (χ3v) is 6.11. The monoisotopic (exact) mass is 292 g/mol. The van der Waals surface area contributed by atoms with Gasteiger partial charge in [-0.05, 0) is 69.4 Å². The van der Waals surface area contributed by atoms with Crippen LogP contribution in [-0.4, -0.2) is 49.7 Å². The number of nitrogens with zero attached hydrogens (tertiary/aromatic N) is 1. The summed E-state index contributed by atoms with van der Waals surface area (Å²) in [7, 11) is 0. The number of likely N-dealkylation sites (tertiary alicyclic amines) is 1. The van der Waals surface area contributed by atoms with Crippen LogP contribution >= 0.6 is 0 Å². The van der Waals surface area contributed by atoms with E-state index in [9.17, 15) is 4.79 Å². The third-order valence-electron chi connectivity index (χ3n) is 6.11. The Hall–Kier alpha value is -0.610. The SMILES string of the molecule is O=C(C1CC12CCNCC2)N1CCC(OCC2CC2)CC1. The minimum Gasteiger partial charge on any atom is -0.378 e. The third kappa shape index (κ3) is 2.98. The second-order valence-electron chi connectivity index (χ2n) is 7.67. The van der Waals surface area contributed by atoms with Gasteiger partial charge in [-0.2, -0.15) is 0 Å². The Morgan fingerprint density at radius 1 is 1.14 bits per heavy atom. The highest BCUT2D eigenvalue weighted by molar-refractivity contribution is 5.82. The summed E-state index contributed by atoms with van der Waals surface area (Å²) < 4.78 is 5.97. The second kappa shape index (κ2) is 5.54. The summed E-state index contributed by atoms with van der Waals surface area (Å²) in [5, 5.41) is 3.41. The molecule has 1 spiro atoms. The number of hydrogen-bond donors (Lipinski definition) is 1. The molecule has 0 bridgehead atoms. The van der Waals surface area contributed by atoms with Gasteiger partial charge in [0.2, 0.25) is 5.91 Å². The number of carbonyl (C=O) groups is 1. The molecule has 2 aliphatic heterocycles. The first-order valence-corrected chi connectivity index (χ1v) is 8.88. The number of hydrogen-bond acceptors (Lipinski definition) is 3. The molecule has 2 heterocycles. The summed E-state index contributed by atoms with van der Waals surface area (Å²) in [5.74, 6) is 1.62. The van der Waals surface area contributed by atoms with E-state index in [2.05, 4.69) is 10.2 Å². The van der Waals surface area contributed by atoms with Crippen molar-refractivity contribution in [1.82, 2.24) is 10.2 Å². The van der Waals surface area contributed by atoms with Gasteiger partial charge >= 0.3 is 0 Å². The van der Waals surface area contributed by atoms with Gasteiger partial charge in [0.25, 0.3) is 0 Å². The van der Waals surface area contributed by atoms with E-state index < -0.39 is 0 Å². The lowest BCUT2D eigenvalue weighted by Crippen LogP contribution is -2.43. The predicted octanol–water partition coefficient (Wildman–Crippen LogP) is 1.79. The van der Waals surface area contributed by atoms with Crippen LogP contribution in [0.1, 0.15) is 44.9 Å². The maximum Gasteiger partial charge on any atom is 0.226 e. The van der Waals surface area contributed by atoms with Crippen LogP contribution in [-0.2, 0) is 9.53 Å². The normalized spacial score (nSPS) is 32.4. The molecule has 1 unspecified atom stereocenters. The van der Waals surface area contributed by atoms with Crippen molar-refractivity contribution in [1.29, 1.82) is 0 Å². The number of amides is 1. The van der Waals surface area contributed by atoms with E-state index in [0.717, 1.165) is 58.0 Å². The van der Waals surface area contributed by atoms with E-state index in [0.29, 0.717) is 23.3 Å². The van der Waals surface area contributed by atoms with Crippen LogP contribution < -0.4 is 5.32 Å². The van der Waals surface area contributed by atoms with E-state index in [-0.39, 0.29) is 0 Å². The lowest BCUT2D eigenvalue weighted by molar-refractivity contribution is -0.136. The summed E-state index contributed by atoms with van der Waals surface area (Å²) in [4.78, 5) is 14.8. The first kappa shape index (κ1) is 14.0. The lowest BCUT2D eigenvalue weighted by atomic mass is 9.91. The van der Waals surface area contributed by atoms with Crippen molar-refractivity contribution < 1.29 is 9.53 Å². The van der Waals surface area contributed by atoms with Gasteiger partial charge in [0, 0.05) is 25.6 Å². The Labute approximate surface area is 127 Å². The van der Waals surface area contributed by atoms with E-state index in [4.69, 9.17) is 4.74 Å². The largest absolute Gasteiger partial charge is 0.378 e. The Bertz CT molecular complexity index is 394. The van der Waals surface area contributed by atoms with Gasteiger partial charge in [-0.1, -0.05) is 0 Å². The molecule has 2 saturated carbocycles. The Morgan fingerprint density at radius 3 is 2.52 bits per heavy atom. The van der Waals surface area contributed by atoms with Gasteiger partial charge in [0.1, 0.15) is 0 Å². The summed E-state index contributed by atoms with van der Waals surface area (Å²) in [6.45, 7) is 4.98. The van der Waals surface area contributed by atoms with Crippen molar-refractivity contribution in [3.8, 4) is 0 Å². The van der Waals surface area contributed by atoms with Gasteiger partial charge < -0.3 is 15.0 Å². The van der Waals surface area contributed by atoms with Crippen molar-refractivity contribution in [3.05, 3.63) is 0 Å². The van der Waals surface area contributed by atoms with Crippen molar-refractivity contribution >= 4 is 5.91 Å². The first-order chi connectivity index (χ1) is 10.3. The highest BCUT2D eigenvalue weighted by Crippen LogP contribution is 2.59. The van der Waals surface area contributed by atoms with E-state index in [1.165, 1.54) is 25.7 Å². The predicted molar refractivity (Wildman–Crippen MR) is 80.9 cm³/mol. The zero-order valence-electron chi connectivity index (χ0n) is 13.0. The lowest BCUT2D eigenvalue weighted by Gasteiger charge is -2.33. The van der Waals surface area contributed by atoms with Gasteiger partial charge in [0.15, 0.2) is 0 Å². The maximum absolute atomic E-state index is 12.7. The molecule has 4 fully saturated rings. The maximum atomic E-state index is 12.7. The van der Waals surface area contributed by atoms with Crippen LogP contribution in [0, 0.1) is 17.3 Å². The molecular weight excluding hydrogens is 264 g/mol. The topological polar surface area (TPSA) is 41.6 Å². The van der Waals surface area contributed by atoms with Crippen LogP contribution in [0.15, 0.2) is 0 Å². The van der Waals surface area contributed by atoms with Gasteiger partial charge in [0.05, 0.1) is 6.10 Å². The molecule has 0 aromatic carbocycles. The molecule has 21 heavy (non-hydrogen) atoms. The van der Waals surface area contributed by atoms with Gasteiger partial charge in [-0.3, -0.25) is 4.79 Å². The zero-order valence-corrected chi connectivity index (χ0v) is 13.0. The first-order valence-electron chi connectivity index (χ1n) is 8.88. The van der Waals surface area contributed by atoms with Crippen molar-refractivity contribution in [2.24, 2.45) is 17.3 Å². The number of rotatable bonds is 4. The molecule has 118 valence electrons. The molecule has 0 radical (unpaired) electrons. The van der Waals surface area contributed by atoms with Crippen LogP contribution in [0.4, 0.5) is 0 Å². The molecule has 1 amide bonds. The van der Waals surface area contributed by atoms with Gasteiger partial charge in [-0.25, -0.2) is 0 Å². The van der Waals surface area contributed by atoms with Crippen molar-refractivity contribution in [2.75, 3.05) is 32.8 Å². The highest BCUT2D eigenvalue weighted by atomic mass is 16.5. The number of carbonyl (C=O) groups excluding carboxylic acids is 1. The molecule has 0 aromatic heterocycles. The Balaban J connectivity index is 1.23. The number of nitrogens with one attached hydrogen (secondary N) is 1. The van der Waals surface area contributed by atoms with Crippen molar-refractivity contribution in [2.45, 2.75) is 51.0 Å². The molecule has 4 aliphatic rings. The number of ether oxygens (including phenoxy) is 1. The van der Waals surface area contributed by atoms with Gasteiger partial charge in [-0.15, -0.1) is 0 Å². The summed E-state index contributed by atoms with van der Waals surface area (Å²) in [5.41, 5.74) is 0.377. The fourth-order valence-electron chi connectivity index (χ4n) is 4.19. The van der Waals surface area contributed by atoms with Crippen LogP contribution in [0.3, 0.4) is 0 Å². The van der Waals surface area contributed by atoms with Crippen LogP contribution in [0.2, 0.25) is 0 Å². The Kier molecular flexibility index (Phi) is 3.70. The fraction of sp³-hybridized carbons (Fsp3) is 0.941. The second-order valence-corrected chi connectivity index (χ2v) is 7.67. The van der Waals surface area contributed by atoms with E-state index >= 15 is 0 Å². The smallest absolute Gasteiger partial charge is 0.226 e. The molecule has 2 aliphatic carbocycles. The van der Waals surface area contributed by atoms with Crippen LogP contribution in [0.5, 0.6) is 0 Å². The molecular formula is C17H28N2O2. The minimum atomic E-state index is 0.337. The standard InChI is InChI=1S/C17H28N2O2/c20-16(15-11-17(15)5-7-18-8-6-17)19-9-3-14(4-10-19)21-12-13-1-2-13/h13-15,18H,1-12H2. The van der Waals surface area contributed by atoms with Crippen molar-refractivity contribution in [3.63, 3.8) is 0 Å².